The number of amides is 3. The Morgan fingerprint density at radius 1 is 1.00 bits per heavy atom. The molecule has 6 nitrogen and oxygen atoms in total. The molecule has 4 rings (SSSR count). The molecule has 2 saturated heterocycles. The average Bonchev–Trinajstić information content (AvgIpc) is 3.06. The molecule has 2 heterocycles. The number of carbonyl (C=O) groups excluding carboxylic acids is 3. The fraction of sp³-hybridized carbons (Fsp3) is 0.318. The van der Waals surface area contributed by atoms with Gasteiger partial charge in [-0.05, 0) is 35.4 Å². The van der Waals surface area contributed by atoms with Crippen LogP contribution in [0.4, 0.5) is 0 Å². The zero-order chi connectivity index (χ0) is 20.4. The Morgan fingerprint density at radius 3 is 2.31 bits per heavy atom. The summed E-state index contributed by atoms with van der Waals surface area (Å²) in [6.07, 6.45) is 0.421. The number of halogens is 1. The topological polar surface area (TPSA) is 66.9 Å². The lowest BCUT2D eigenvalue weighted by atomic mass is 10.1. The third kappa shape index (κ3) is 4.41. The van der Waals surface area contributed by atoms with Crippen LogP contribution in [0.2, 0.25) is 0 Å². The zero-order valence-electron chi connectivity index (χ0n) is 15.8. The minimum atomic E-state index is -0.146. The van der Waals surface area contributed by atoms with Crippen molar-refractivity contribution >= 4 is 33.7 Å². The van der Waals surface area contributed by atoms with E-state index >= 15 is 0 Å². The second-order valence-corrected chi connectivity index (χ2v) is 8.15. The molecule has 150 valence electrons. The molecule has 0 radical (unpaired) electrons. The van der Waals surface area contributed by atoms with Crippen molar-refractivity contribution in [1.29, 1.82) is 0 Å². The predicted octanol–water partition coefficient (Wildman–Crippen LogP) is 3.31. The second-order valence-electron chi connectivity index (χ2n) is 7.23. The lowest BCUT2D eigenvalue weighted by Gasteiger charge is -2.33. The van der Waals surface area contributed by atoms with Gasteiger partial charge in [0.15, 0.2) is 0 Å². The molecule has 0 aromatic heterocycles. The highest BCUT2D eigenvalue weighted by Crippen LogP contribution is 2.25. The van der Waals surface area contributed by atoms with Gasteiger partial charge in [-0.15, -0.1) is 0 Å². The van der Waals surface area contributed by atoms with Gasteiger partial charge in [-0.1, -0.05) is 40.2 Å². The monoisotopic (exact) mass is 456 g/mol. The first-order chi connectivity index (χ1) is 14.0. The van der Waals surface area contributed by atoms with Crippen LogP contribution in [0, 0.1) is 0 Å². The summed E-state index contributed by atoms with van der Waals surface area (Å²) in [5.74, 6) is -0.319. The van der Waals surface area contributed by atoms with Gasteiger partial charge in [0.25, 0.3) is 5.91 Å². The van der Waals surface area contributed by atoms with Crippen molar-refractivity contribution in [2.75, 3.05) is 19.7 Å². The Kier molecular flexibility index (Phi) is 5.78. The van der Waals surface area contributed by atoms with Gasteiger partial charge in [-0.25, -0.2) is 0 Å². The predicted molar refractivity (Wildman–Crippen MR) is 110 cm³/mol. The second kappa shape index (κ2) is 8.47. The van der Waals surface area contributed by atoms with Crippen LogP contribution < -0.4 is 0 Å². The molecule has 2 aliphatic rings. The van der Waals surface area contributed by atoms with Gasteiger partial charge in [0.05, 0.1) is 19.7 Å². The summed E-state index contributed by atoms with van der Waals surface area (Å²) in [5.41, 5.74) is 2.46. The van der Waals surface area contributed by atoms with Crippen LogP contribution in [-0.4, -0.2) is 47.2 Å². The first-order valence-electron chi connectivity index (χ1n) is 9.60. The van der Waals surface area contributed by atoms with E-state index in [1.807, 2.05) is 24.3 Å². The normalized spacial score (nSPS) is 19.7. The maximum Gasteiger partial charge on any atom is 0.254 e. The highest BCUT2D eigenvalue weighted by atomic mass is 79.9. The summed E-state index contributed by atoms with van der Waals surface area (Å²) >= 11 is 3.43. The molecule has 2 fully saturated rings. The number of hydrogen-bond acceptors (Lipinski definition) is 4. The number of rotatable bonds is 4. The number of nitrogens with zero attached hydrogens (tertiary/aromatic N) is 2. The Labute approximate surface area is 177 Å². The van der Waals surface area contributed by atoms with E-state index in [4.69, 9.17) is 4.74 Å². The first kappa shape index (κ1) is 19.8. The van der Waals surface area contributed by atoms with Gasteiger partial charge >= 0.3 is 0 Å². The number of ether oxygens (including phenoxy) is 1. The SMILES string of the molecule is O=C(c1ccc(CN2C(=O)CCC2=O)cc1)N1CCOC(c2ccc(Br)cc2)C1. The molecule has 0 bridgehead atoms. The van der Waals surface area contributed by atoms with E-state index in [0.29, 0.717) is 25.3 Å². The minimum absolute atomic E-state index is 0.0460. The van der Waals surface area contributed by atoms with E-state index in [-0.39, 0.29) is 43.2 Å². The van der Waals surface area contributed by atoms with E-state index in [1.165, 1.54) is 4.90 Å². The number of benzene rings is 2. The van der Waals surface area contributed by atoms with Gasteiger partial charge in [0.2, 0.25) is 11.8 Å². The van der Waals surface area contributed by atoms with Crippen LogP contribution in [0.15, 0.2) is 53.0 Å². The first-order valence-corrected chi connectivity index (χ1v) is 10.4. The zero-order valence-corrected chi connectivity index (χ0v) is 17.4. The van der Waals surface area contributed by atoms with Crippen molar-refractivity contribution in [3.63, 3.8) is 0 Å². The molecule has 0 aliphatic carbocycles. The van der Waals surface area contributed by atoms with Gasteiger partial charge in [-0.3, -0.25) is 19.3 Å². The fourth-order valence-corrected chi connectivity index (χ4v) is 3.89. The minimum Gasteiger partial charge on any atom is -0.370 e. The molecule has 0 saturated carbocycles. The molecule has 2 aromatic carbocycles. The highest BCUT2D eigenvalue weighted by molar-refractivity contribution is 9.10. The quantitative estimate of drug-likeness (QED) is 0.661. The number of carbonyl (C=O) groups is 3. The van der Waals surface area contributed by atoms with E-state index in [9.17, 15) is 14.4 Å². The van der Waals surface area contributed by atoms with E-state index < -0.39 is 0 Å². The van der Waals surface area contributed by atoms with Gasteiger partial charge < -0.3 is 9.64 Å². The fourth-order valence-electron chi connectivity index (χ4n) is 3.63. The summed E-state index contributed by atoms with van der Waals surface area (Å²) in [4.78, 5) is 39.6. The molecule has 0 spiro atoms. The smallest absolute Gasteiger partial charge is 0.254 e. The van der Waals surface area contributed by atoms with Gasteiger partial charge in [0, 0.05) is 29.4 Å². The van der Waals surface area contributed by atoms with Crippen LogP contribution in [0.1, 0.15) is 40.4 Å². The van der Waals surface area contributed by atoms with Crippen molar-refractivity contribution in [3.05, 3.63) is 69.7 Å². The summed E-state index contributed by atoms with van der Waals surface area (Å²) < 4.78 is 6.86. The highest BCUT2D eigenvalue weighted by Gasteiger charge is 2.29. The van der Waals surface area contributed by atoms with Crippen molar-refractivity contribution in [1.82, 2.24) is 9.80 Å². The van der Waals surface area contributed by atoms with E-state index in [1.54, 1.807) is 29.2 Å². The summed E-state index contributed by atoms with van der Waals surface area (Å²) in [6, 6.07) is 15.1. The van der Waals surface area contributed by atoms with Crippen LogP contribution in [0.5, 0.6) is 0 Å². The summed E-state index contributed by atoms with van der Waals surface area (Å²) in [5, 5.41) is 0. The number of morpholine rings is 1. The van der Waals surface area contributed by atoms with Crippen LogP contribution in [0.3, 0.4) is 0 Å². The third-order valence-electron chi connectivity index (χ3n) is 5.29. The van der Waals surface area contributed by atoms with Gasteiger partial charge in [0.1, 0.15) is 6.10 Å². The summed E-state index contributed by atoms with van der Waals surface area (Å²) in [6.45, 7) is 1.79. The van der Waals surface area contributed by atoms with Crippen LogP contribution in [-0.2, 0) is 20.9 Å². The van der Waals surface area contributed by atoms with Crippen molar-refractivity contribution in [2.45, 2.75) is 25.5 Å². The number of likely N-dealkylation sites (tertiary alicyclic amines) is 1. The Morgan fingerprint density at radius 2 is 1.66 bits per heavy atom. The van der Waals surface area contributed by atoms with Crippen LogP contribution in [0.25, 0.3) is 0 Å². The Balaban J connectivity index is 1.41. The molecule has 7 heteroatoms. The third-order valence-corrected chi connectivity index (χ3v) is 5.82. The molecule has 1 unspecified atom stereocenters. The van der Waals surface area contributed by atoms with Crippen molar-refractivity contribution in [2.24, 2.45) is 0 Å². The molecular formula is C22H21BrN2O4. The number of imide groups is 1. The molecule has 29 heavy (non-hydrogen) atoms. The molecule has 2 aromatic rings. The van der Waals surface area contributed by atoms with Gasteiger partial charge in [-0.2, -0.15) is 0 Å². The van der Waals surface area contributed by atoms with Crippen molar-refractivity contribution in [3.8, 4) is 0 Å². The van der Waals surface area contributed by atoms with Crippen molar-refractivity contribution < 1.29 is 19.1 Å². The molecular weight excluding hydrogens is 436 g/mol. The average molecular weight is 457 g/mol. The molecule has 2 aliphatic heterocycles. The largest absolute Gasteiger partial charge is 0.370 e. The van der Waals surface area contributed by atoms with Crippen LogP contribution >= 0.6 is 15.9 Å². The molecule has 3 amide bonds. The van der Waals surface area contributed by atoms with E-state index in [2.05, 4.69) is 15.9 Å². The lowest BCUT2D eigenvalue weighted by Crippen LogP contribution is -2.42. The summed E-state index contributed by atoms with van der Waals surface area (Å²) in [7, 11) is 0. The maximum absolute atomic E-state index is 12.9. The standard InChI is InChI=1S/C22H21BrN2O4/c23-18-7-5-16(6-8-18)19-14-24(11-12-29-19)22(28)17-3-1-15(2-4-17)13-25-20(26)9-10-21(25)27/h1-8,19H,9-14H2. The lowest BCUT2D eigenvalue weighted by molar-refractivity contribution is -0.139. The molecule has 1 atom stereocenters. The molecule has 0 N–H and O–H groups in total. The Bertz CT molecular complexity index is 911. The maximum atomic E-state index is 12.9. The number of hydrogen-bond donors (Lipinski definition) is 0. The van der Waals surface area contributed by atoms with E-state index in [0.717, 1.165) is 15.6 Å². The Hall–Kier alpha value is -2.51.